The van der Waals surface area contributed by atoms with Crippen molar-refractivity contribution in [3.63, 3.8) is 0 Å². The summed E-state index contributed by atoms with van der Waals surface area (Å²) < 4.78 is 20.8. The van der Waals surface area contributed by atoms with Crippen molar-refractivity contribution < 1.29 is 22.4 Å². The highest BCUT2D eigenvalue weighted by molar-refractivity contribution is 14.1. The minimum absolute atomic E-state index is 0.257. The van der Waals surface area contributed by atoms with Crippen LogP contribution in [0.15, 0.2) is 0 Å². The van der Waals surface area contributed by atoms with E-state index < -0.39 is 24.3 Å². The fourth-order valence-electron chi connectivity index (χ4n) is 1.69. The molecule has 0 spiro atoms. The normalized spacial score (nSPS) is 35.1. The second-order valence-electron chi connectivity index (χ2n) is 3.82. The van der Waals surface area contributed by atoms with E-state index in [9.17, 15) is 5.11 Å². The smallest absolute Gasteiger partial charge is 0.112 e. The number of aliphatic hydroxyl groups is 1. The van der Waals surface area contributed by atoms with Crippen molar-refractivity contribution in [2.75, 3.05) is 26.9 Å². The lowest BCUT2D eigenvalue weighted by Gasteiger charge is -2.24. The largest absolute Gasteiger partial charge is 0.388 e. The van der Waals surface area contributed by atoms with Crippen LogP contribution in [0.2, 0.25) is 0 Å². The first-order chi connectivity index (χ1) is 8.13. The first-order valence-electron chi connectivity index (χ1n) is 5.31. The average molecular weight is 357 g/mol. The van der Waals surface area contributed by atoms with Crippen LogP contribution in [-0.2, 0) is 17.3 Å². The molecule has 8 heteroatoms. The number of rotatable bonds is 7. The number of hydrogen-bond acceptors (Lipinski definition) is 6. The van der Waals surface area contributed by atoms with Crippen molar-refractivity contribution >= 4 is 30.9 Å². The fourth-order valence-corrected chi connectivity index (χ4v) is 2.05. The van der Waals surface area contributed by atoms with E-state index in [2.05, 4.69) is 0 Å². The molecule has 17 heavy (non-hydrogen) atoms. The summed E-state index contributed by atoms with van der Waals surface area (Å²) in [6, 6.07) is -0.688. The number of ether oxygens (including phenoxy) is 3. The molecule has 1 heterocycles. The molecule has 1 rings (SSSR count). The molecule has 2 radical (unpaired) electrons. The van der Waals surface area contributed by atoms with E-state index in [1.54, 1.807) is 30.1 Å². The van der Waals surface area contributed by atoms with Crippen LogP contribution in [0.1, 0.15) is 0 Å². The average Bonchev–Trinajstić information content (AvgIpc) is 2.56. The van der Waals surface area contributed by atoms with Crippen molar-refractivity contribution in [2.24, 2.45) is 5.73 Å². The molecule has 0 saturated carbocycles. The zero-order valence-electron chi connectivity index (χ0n) is 9.62. The van der Waals surface area contributed by atoms with Crippen molar-refractivity contribution in [3.05, 3.63) is 0 Å². The Balaban J connectivity index is 2.51. The minimum Gasteiger partial charge on any atom is -0.388 e. The van der Waals surface area contributed by atoms with Gasteiger partial charge in [-0.3, -0.25) is 0 Å². The number of aliphatic hydroxyl groups excluding tert-OH is 1. The summed E-state index contributed by atoms with van der Waals surface area (Å²) in [5, 5.41) is 9.97. The third-order valence-corrected chi connectivity index (χ3v) is 2.93. The zero-order valence-corrected chi connectivity index (χ0v) is 11.8. The molecule has 0 aliphatic carbocycles. The molecular formula is C9H17BINO5. The van der Waals surface area contributed by atoms with Gasteiger partial charge in [0.15, 0.2) is 0 Å². The van der Waals surface area contributed by atoms with Gasteiger partial charge in [-0.25, -0.2) is 0 Å². The van der Waals surface area contributed by atoms with Crippen molar-refractivity contribution in [1.29, 1.82) is 0 Å². The minimum atomic E-state index is -0.828. The van der Waals surface area contributed by atoms with E-state index in [1.807, 2.05) is 0 Å². The lowest BCUT2D eigenvalue weighted by atomic mass is 9.92. The van der Waals surface area contributed by atoms with Gasteiger partial charge >= 0.3 is 0 Å². The highest BCUT2D eigenvalue weighted by atomic mass is 127. The molecule has 6 nitrogen and oxygen atoms in total. The van der Waals surface area contributed by atoms with Gasteiger partial charge in [-0.1, -0.05) is 0 Å². The number of methoxy groups -OCH3 is 1. The topological polar surface area (TPSA) is 83.2 Å². The second kappa shape index (κ2) is 7.87. The van der Waals surface area contributed by atoms with Gasteiger partial charge < -0.3 is 28.1 Å². The Morgan fingerprint density at radius 3 is 2.82 bits per heavy atom. The quantitative estimate of drug-likeness (QED) is 0.448. The Labute approximate surface area is 116 Å². The molecule has 1 aliphatic rings. The summed E-state index contributed by atoms with van der Waals surface area (Å²) in [7, 11) is 7.30. The second-order valence-corrected chi connectivity index (χ2v) is 4.44. The van der Waals surface area contributed by atoms with Gasteiger partial charge in [0, 0.05) is 19.7 Å². The molecule has 0 aromatic carbocycles. The molecule has 5 atom stereocenters. The number of nitrogens with two attached hydrogens (primary N) is 1. The Morgan fingerprint density at radius 1 is 1.59 bits per heavy atom. The molecular weight excluding hydrogens is 340 g/mol. The van der Waals surface area contributed by atoms with Crippen LogP contribution in [-0.4, -0.2) is 70.2 Å². The van der Waals surface area contributed by atoms with Gasteiger partial charge in [0.1, 0.15) is 49.2 Å². The third-order valence-electron chi connectivity index (χ3n) is 2.57. The molecule has 0 amide bonds. The van der Waals surface area contributed by atoms with Gasteiger partial charge in [-0.15, -0.1) is 0 Å². The molecule has 3 N–H and O–H groups in total. The van der Waals surface area contributed by atoms with E-state index in [4.69, 9.17) is 30.9 Å². The van der Waals surface area contributed by atoms with Gasteiger partial charge in [0.2, 0.25) is 0 Å². The predicted molar refractivity (Wildman–Crippen MR) is 70.0 cm³/mol. The van der Waals surface area contributed by atoms with E-state index in [0.29, 0.717) is 6.61 Å². The highest BCUT2D eigenvalue weighted by Gasteiger charge is 2.42. The van der Waals surface area contributed by atoms with Crippen LogP contribution >= 0.6 is 23.0 Å². The van der Waals surface area contributed by atoms with Crippen molar-refractivity contribution in [2.45, 2.75) is 30.4 Å². The number of hydrogen-bond donors (Lipinski definition) is 2. The first-order valence-corrected chi connectivity index (χ1v) is 6.19. The van der Waals surface area contributed by atoms with Crippen LogP contribution < -0.4 is 5.73 Å². The molecule has 0 aromatic rings. The summed E-state index contributed by atoms with van der Waals surface area (Å²) in [4.78, 5) is 0. The molecule has 98 valence electrons. The lowest BCUT2D eigenvalue weighted by Crippen LogP contribution is -2.42. The van der Waals surface area contributed by atoms with Crippen LogP contribution in [0.5, 0.6) is 0 Å². The maximum absolute atomic E-state index is 9.97. The van der Waals surface area contributed by atoms with Crippen LogP contribution in [0.4, 0.5) is 0 Å². The summed E-state index contributed by atoms with van der Waals surface area (Å²) in [5.74, 6) is 0. The SMILES string of the molecule is [B][C@@H]1O[C@H](COI)C(O)C1OC(CN)COC. The molecule has 1 saturated heterocycles. The Kier molecular flexibility index (Phi) is 7.23. The maximum atomic E-state index is 9.97. The van der Waals surface area contributed by atoms with E-state index in [1.165, 1.54) is 0 Å². The van der Waals surface area contributed by atoms with E-state index in [-0.39, 0.29) is 19.3 Å². The summed E-state index contributed by atoms with van der Waals surface area (Å²) in [6.07, 6.45) is -2.23. The summed E-state index contributed by atoms with van der Waals surface area (Å²) in [5.41, 5.74) is 5.53. The fraction of sp³-hybridized carbons (Fsp3) is 1.00. The lowest BCUT2D eigenvalue weighted by molar-refractivity contribution is -0.0830. The molecule has 0 aromatic heterocycles. The Bertz CT molecular complexity index is 226. The van der Waals surface area contributed by atoms with Gasteiger partial charge in [-0.05, 0) is 0 Å². The van der Waals surface area contributed by atoms with Gasteiger partial charge in [0.25, 0.3) is 0 Å². The van der Waals surface area contributed by atoms with Crippen LogP contribution in [0.3, 0.4) is 0 Å². The Hall–Kier alpha value is 0.555. The van der Waals surface area contributed by atoms with Crippen molar-refractivity contribution in [1.82, 2.24) is 0 Å². The molecule has 1 fully saturated rings. The molecule has 1 aliphatic heterocycles. The first kappa shape index (κ1) is 15.6. The van der Waals surface area contributed by atoms with Crippen LogP contribution in [0, 0.1) is 0 Å². The molecule has 3 unspecified atom stereocenters. The predicted octanol–water partition coefficient (Wildman–Crippen LogP) is -1.03. The standard InChI is InChI=1S/C9H17BINO5/c1-14-3-5(2-12)16-8-7(13)6(4-15-11)17-9(8)10/h5-9,13H,2-4,12H2,1H3/t5?,6-,7?,8?,9-/m1/s1. The van der Waals surface area contributed by atoms with Gasteiger partial charge in [0.05, 0.1) is 19.3 Å². The van der Waals surface area contributed by atoms with Gasteiger partial charge in [-0.2, -0.15) is 0 Å². The van der Waals surface area contributed by atoms with E-state index in [0.717, 1.165) is 0 Å². The van der Waals surface area contributed by atoms with Crippen LogP contribution in [0.25, 0.3) is 0 Å². The van der Waals surface area contributed by atoms with Crippen molar-refractivity contribution in [3.8, 4) is 0 Å². The number of halogens is 1. The Morgan fingerprint density at radius 2 is 2.29 bits per heavy atom. The highest BCUT2D eigenvalue weighted by Crippen LogP contribution is 2.24. The molecule has 0 bridgehead atoms. The zero-order chi connectivity index (χ0) is 12.8. The summed E-state index contributed by atoms with van der Waals surface area (Å²) >= 11 is 1.73. The summed E-state index contributed by atoms with van der Waals surface area (Å²) in [6.45, 7) is 0.893. The maximum Gasteiger partial charge on any atom is 0.112 e. The van der Waals surface area contributed by atoms with E-state index >= 15 is 0 Å². The monoisotopic (exact) mass is 357 g/mol. The third kappa shape index (κ3) is 4.30.